The normalized spacial score (nSPS) is 20.1. The molecule has 0 aromatic heterocycles. The van der Waals surface area contributed by atoms with Crippen molar-refractivity contribution in [1.29, 1.82) is 0 Å². The van der Waals surface area contributed by atoms with Crippen molar-refractivity contribution in [3.05, 3.63) is 35.9 Å². The second-order valence-electron chi connectivity index (χ2n) is 15.2. The fourth-order valence-corrected chi connectivity index (χ4v) is 8.42. The molecule has 1 fully saturated rings. The molecule has 4 amide bonds. The lowest BCUT2D eigenvalue weighted by molar-refractivity contribution is -0.148. The molecule has 0 saturated carbocycles. The van der Waals surface area contributed by atoms with E-state index in [4.69, 9.17) is 9.47 Å². The number of hydrogen-bond donors (Lipinski definition) is 3. The highest BCUT2D eigenvalue weighted by Crippen LogP contribution is 2.30. The average molecular weight is 844 g/mol. The maximum absolute atomic E-state index is 14.2. The van der Waals surface area contributed by atoms with Gasteiger partial charge in [0.25, 0.3) is 0 Å². The number of halogens is 1. The van der Waals surface area contributed by atoms with E-state index in [2.05, 4.69) is 33.5 Å². The number of nitrogens with zero attached hydrogens (tertiary/aromatic N) is 3. The second-order valence-corrected chi connectivity index (χ2v) is 16.7. The topological polar surface area (TPSA) is 141 Å². The number of methoxy groups -OCH3 is 2. The third kappa shape index (κ3) is 11.8. The van der Waals surface area contributed by atoms with E-state index in [9.17, 15) is 24.3 Å². The summed E-state index contributed by atoms with van der Waals surface area (Å²) in [6, 6.07) is 6.70. The van der Waals surface area contributed by atoms with E-state index in [1.54, 1.807) is 44.9 Å². The summed E-state index contributed by atoms with van der Waals surface area (Å²) in [6.45, 7) is 15.9. The average Bonchev–Trinajstić information content (AvgIpc) is 3.59. The molecule has 1 saturated heterocycles. The predicted molar refractivity (Wildman–Crippen MR) is 212 cm³/mol. The number of likely N-dealkylation sites (N-methyl/N-ethyl adjacent to an activating group) is 2. The van der Waals surface area contributed by atoms with Gasteiger partial charge in [0, 0.05) is 50.7 Å². The maximum Gasteiger partial charge on any atom is 0.245 e. The van der Waals surface area contributed by atoms with Crippen LogP contribution >= 0.6 is 22.9 Å². The van der Waals surface area contributed by atoms with E-state index >= 15 is 0 Å². The largest absolute Gasteiger partial charge is 0.386 e. The summed E-state index contributed by atoms with van der Waals surface area (Å²) in [5.74, 6) is -1.59. The molecule has 0 aliphatic carbocycles. The second kappa shape index (κ2) is 21.5. The van der Waals surface area contributed by atoms with Gasteiger partial charge in [-0.05, 0) is 50.1 Å². The number of hydrogen-bond acceptors (Lipinski definition) is 8. The van der Waals surface area contributed by atoms with Crippen LogP contribution in [0.2, 0.25) is 0 Å². The highest BCUT2D eigenvalue weighted by Gasteiger charge is 2.43. The van der Waals surface area contributed by atoms with Crippen molar-refractivity contribution >= 4 is 46.5 Å². The van der Waals surface area contributed by atoms with Gasteiger partial charge in [-0.1, -0.05) is 85.2 Å². The van der Waals surface area contributed by atoms with Crippen molar-refractivity contribution in [3.63, 3.8) is 0 Å². The van der Waals surface area contributed by atoms with E-state index in [1.807, 2.05) is 82.0 Å². The Morgan fingerprint density at radius 2 is 1.56 bits per heavy atom. The number of aliphatic hydroxyl groups is 1. The Morgan fingerprint density at radius 3 is 2.06 bits per heavy atom. The standard InChI is InChI=1S/C39H66IN5O7/c1-13-25(6)34(43(9)39(50)32(23(2)3)42-38(49)33(24(4)5)44(10)40)30(51-11)22-31(46)45-21-17-20-29(45)36(52-12)26(7)37(48)41-27(8)35(47)28-18-15-14-16-19-28/h14-16,18-19,23-27,29-30,32-36,47H,13,17,20-22H2,1-12H3,(H,41,48)(H,42,49)/t25-,26+,27+,29-,30+,32-,33-,34-,35-,36+/m0/s1. The van der Waals surface area contributed by atoms with Gasteiger partial charge >= 0.3 is 0 Å². The molecule has 52 heavy (non-hydrogen) atoms. The molecule has 1 aromatic rings. The monoisotopic (exact) mass is 843 g/mol. The minimum atomic E-state index is -0.876. The molecule has 296 valence electrons. The van der Waals surface area contributed by atoms with Crippen molar-refractivity contribution in [3.8, 4) is 0 Å². The molecule has 0 unspecified atom stereocenters. The van der Waals surface area contributed by atoms with Gasteiger partial charge in [0.15, 0.2) is 0 Å². The highest BCUT2D eigenvalue weighted by atomic mass is 127. The Balaban J connectivity index is 2.25. The van der Waals surface area contributed by atoms with Gasteiger partial charge in [-0.25, -0.2) is 3.11 Å². The first-order valence-corrected chi connectivity index (χ1v) is 19.7. The van der Waals surface area contributed by atoms with Crippen LogP contribution in [-0.4, -0.2) is 119 Å². The van der Waals surface area contributed by atoms with E-state index in [1.165, 1.54) is 0 Å². The van der Waals surface area contributed by atoms with Gasteiger partial charge in [0.1, 0.15) is 12.1 Å². The van der Waals surface area contributed by atoms with Gasteiger partial charge in [0.2, 0.25) is 23.6 Å². The molecule has 10 atom stereocenters. The summed E-state index contributed by atoms with van der Waals surface area (Å²) >= 11 is 2.11. The van der Waals surface area contributed by atoms with Crippen LogP contribution in [0, 0.1) is 23.7 Å². The summed E-state index contributed by atoms with van der Waals surface area (Å²) in [5, 5.41) is 16.8. The van der Waals surface area contributed by atoms with Gasteiger partial charge < -0.3 is 35.0 Å². The van der Waals surface area contributed by atoms with Gasteiger partial charge in [-0.2, -0.15) is 0 Å². The first kappa shape index (κ1) is 45.8. The number of likely N-dealkylation sites (tertiary alicyclic amines) is 1. The zero-order chi connectivity index (χ0) is 39.4. The van der Waals surface area contributed by atoms with Crippen molar-refractivity contribution in [2.45, 2.75) is 130 Å². The van der Waals surface area contributed by atoms with Crippen LogP contribution in [0.4, 0.5) is 0 Å². The predicted octanol–water partition coefficient (Wildman–Crippen LogP) is 4.59. The van der Waals surface area contributed by atoms with Crippen LogP contribution in [0.15, 0.2) is 30.3 Å². The third-order valence-electron chi connectivity index (χ3n) is 10.8. The van der Waals surface area contributed by atoms with E-state index < -0.39 is 48.4 Å². The van der Waals surface area contributed by atoms with E-state index in [0.29, 0.717) is 18.5 Å². The molecule has 1 heterocycles. The zero-order valence-electron chi connectivity index (χ0n) is 33.5. The smallest absolute Gasteiger partial charge is 0.245 e. The van der Waals surface area contributed by atoms with Gasteiger partial charge in [-0.15, -0.1) is 0 Å². The van der Waals surface area contributed by atoms with Crippen LogP contribution in [-0.2, 0) is 28.7 Å². The summed E-state index contributed by atoms with van der Waals surface area (Å²) in [5.41, 5.74) is 0.711. The molecule has 1 aliphatic rings. The number of benzene rings is 1. The first-order chi connectivity index (χ1) is 24.4. The van der Waals surface area contributed by atoms with Crippen molar-refractivity contribution in [2.24, 2.45) is 23.7 Å². The number of carbonyl (C=O) groups is 4. The molecule has 0 bridgehead atoms. The minimum absolute atomic E-state index is 0.0165. The lowest BCUT2D eigenvalue weighted by Crippen LogP contribution is -2.59. The lowest BCUT2D eigenvalue weighted by atomic mass is 9.89. The fourth-order valence-electron chi connectivity index (χ4n) is 7.53. The van der Waals surface area contributed by atoms with Crippen molar-refractivity contribution < 1.29 is 33.8 Å². The molecule has 2 rings (SSSR count). The zero-order valence-corrected chi connectivity index (χ0v) is 35.6. The van der Waals surface area contributed by atoms with Crippen LogP contribution in [0.3, 0.4) is 0 Å². The summed E-state index contributed by atoms with van der Waals surface area (Å²) in [6.07, 6.45) is 0.143. The summed E-state index contributed by atoms with van der Waals surface area (Å²) < 4.78 is 13.8. The van der Waals surface area contributed by atoms with Crippen LogP contribution in [0.5, 0.6) is 0 Å². The van der Waals surface area contributed by atoms with Crippen LogP contribution in [0.25, 0.3) is 0 Å². The number of aliphatic hydroxyl groups excluding tert-OH is 1. The summed E-state index contributed by atoms with van der Waals surface area (Å²) in [7, 11) is 6.70. The SMILES string of the molecule is CC[C@H](C)[C@@H]([C@@H](CC(=O)N1CCC[C@H]1[C@H](OC)[C@@H](C)C(=O)N[C@H](C)[C@H](O)c1ccccc1)OC)N(C)C(=O)[C@@H](NC(=O)[C@H](C(C)C)N(C)I)C(C)C. The Kier molecular flexibility index (Phi) is 19.0. The number of nitrogens with one attached hydrogen (secondary N) is 2. The Labute approximate surface area is 326 Å². The third-order valence-corrected chi connectivity index (χ3v) is 11.4. The van der Waals surface area contributed by atoms with Gasteiger partial charge in [-0.3, -0.25) is 19.2 Å². The van der Waals surface area contributed by atoms with Crippen LogP contribution < -0.4 is 10.6 Å². The molecule has 3 N–H and O–H groups in total. The molecule has 1 aromatic carbocycles. The summed E-state index contributed by atoms with van der Waals surface area (Å²) in [4.78, 5) is 58.7. The Bertz CT molecular complexity index is 1280. The molecule has 0 radical (unpaired) electrons. The number of rotatable bonds is 20. The molecule has 13 heteroatoms. The lowest BCUT2D eigenvalue weighted by Gasteiger charge is -2.41. The Morgan fingerprint density at radius 1 is 0.942 bits per heavy atom. The molecular formula is C39H66IN5O7. The molecule has 0 spiro atoms. The molecule has 12 nitrogen and oxygen atoms in total. The van der Waals surface area contributed by atoms with Crippen molar-refractivity contribution in [1.82, 2.24) is 23.5 Å². The Hall–Kier alpha value is -2.33. The highest BCUT2D eigenvalue weighted by molar-refractivity contribution is 14.1. The maximum atomic E-state index is 14.2. The molecule has 1 aliphatic heterocycles. The number of amides is 4. The first-order valence-electron chi connectivity index (χ1n) is 18.8. The van der Waals surface area contributed by atoms with E-state index in [-0.39, 0.29) is 53.8 Å². The van der Waals surface area contributed by atoms with Crippen molar-refractivity contribution in [2.75, 3.05) is 34.9 Å². The van der Waals surface area contributed by atoms with Crippen LogP contribution in [0.1, 0.15) is 92.7 Å². The quantitative estimate of drug-likeness (QED) is 0.128. The molecular weight excluding hydrogens is 777 g/mol. The number of carbonyl (C=O) groups excluding carboxylic acids is 4. The van der Waals surface area contributed by atoms with Gasteiger partial charge in [0.05, 0.1) is 48.8 Å². The number of ether oxygens (including phenoxy) is 2. The van der Waals surface area contributed by atoms with E-state index in [0.717, 1.165) is 12.8 Å². The fraction of sp³-hybridized carbons (Fsp3) is 0.744. The minimum Gasteiger partial charge on any atom is -0.386 e.